The van der Waals surface area contributed by atoms with E-state index in [1.54, 1.807) is 30.1 Å². The van der Waals surface area contributed by atoms with Crippen molar-refractivity contribution in [2.75, 3.05) is 24.6 Å². The van der Waals surface area contributed by atoms with Gasteiger partial charge in [0.15, 0.2) is 0 Å². The zero-order valence-electron chi connectivity index (χ0n) is 14.9. The van der Waals surface area contributed by atoms with E-state index < -0.39 is 0 Å². The van der Waals surface area contributed by atoms with E-state index in [0.717, 1.165) is 15.6 Å². The summed E-state index contributed by atoms with van der Waals surface area (Å²) in [6, 6.07) is 13.4. The van der Waals surface area contributed by atoms with Crippen molar-refractivity contribution in [3.63, 3.8) is 0 Å². The van der Waals surface area contributed by atoms with Gasteiger partial charge in [0.2, 0.25) is 5.95 Å². The van der Waals surface area contributed by atoms with E-state index in [0.29, 0.717) is 31.3 Å². The average molecular weight is 427 g/mol. The maximum absolute atomic E-state index is 12.5. The van der Waals surface area contributed by atoms with E-state index in [4.69, 9.17) is 9.72 Å². The van der Waals surface area contributed by atoms with Gasteiger partial charge in [-0.05, 0) is 29.8 Å². The van der Waals surface area contributed by atoms with E-state index in [9.17, 15) is 4.79 Å². The standard InChI is InChI=1S/C20H19BrN4O2/c1-24-19(26)12-17(14-5-7-22-8-6-14)23-20(24)25-9-10-27-18(13-25)15-3-2-4-16(21)11-15/h2-8,11-12,18H,9-10,13H2,1H3/t18-/m1/s1. The molecule has 27 heavy (non-hydrogen) atoms. The molecule has 0 unspecified atom stereocenters. The van der Waals surface area contributed by atoms with Crippen molar-refractivity contribution in [2.45, 2.75) is 6.10 Å². The average Bonchev–Trinajstić information content (AvgIpc) is 2.71. The smallest absolute Gasteiger partial charge is 0.255 e. The molecular weight excluding hydrogens is 408 g/mol. The number of ether oxygens (including phenoxy) is 1. The Morgan fingerprint density at radius 3 is 2.78 bits per heavy atom. The highest BCUT2D eigenvalue weighted by Gasteiger charge is 2.25. The van der Waals surface area contributed by atoms with Gasteiger partial charge >= 0.3 is 0 Å². The number of aromatic nitrogens is 3. The monoisotopic (exact) mass is 426 g/mol. The predicted octanol–water partition coefficient (Wildman–Crippen LogP) is 3.18. The number of pyridine rings is 1. The van der Waals surface area contributed by atoms with Gasteiger partial charge in [-0.3, -0.25) is 14.3 Å². The van der Waals surface area contributed by atoms with E-state index in [1.165, 1.54) is 0 Å². The second-order valence-corrected chi connectivity index (χ2v) is 7.35. The van der Waals surface area contributed by atoms with Crippen LogP contribution in [0.3, 0.4) is 0 Å². The van der Waals surface area contributed by atoms with Crippen LogP contribution in [0.15, 0.2) is 64.1 Å². The molecule has 4 rings (SSSR count). The van der Waals surface area contributed by atoms with Gasteiger partial charge in [-0.15, -0.1) is 0 Å². The first-order valence-corrected chi connectivity index (χ1v) is 9.51. The fourth-order valence-corrected chi connectivity index (χ4v) is 3.64. The van der Waals surface area contributed by atoms with Gasteiger partial charge in [-0.1, -0.05) is 28.1 Å². The Bertz CT molecular complexity index is 1010. The van der Waals surface area contributed by atoms with Crippen LogP contribution in [0.4, 0.5) is 5.95 Å². The molecule has 1 fully saturated rings. The number of hydrogen-bond acceptors (Lipinski definition) is 5. The molecule has 0 N–H and O–H groups in total. The first-order valence-electron chi connectivity index (χ1n) is 8.72. The Labute approximate surface area is 165 Å². The molecule has 1 aromatic carbocycles. The Balaban J connectivity index is 1.68. The maximum Gasteiger partial charge on any atom is 0.255 e. The summed E-state index contributed by atoms with van der Waals surface area (Å²) < 4.78 is 8.58. The lowest BCUT2D eigenvalue weighted by atomic mass is 10.1. The van der Waals surface area contributed by atoms with Crippen LogP contribution in [0.2, 0.25) is 0 Å². The Morgan fingerprint density at radius 2 is 2.00 bits per heavy atom. The molecule has 6 nitrogen and oxygen atoms in total. The first kappa shape index (κ1) is 17.9. The molecule has 0 radical (unpaired) electrons. The minimum atomic E-state index is -0.0858. The molecule has 3 aromatic rings. The van der Waals surface area contributed by atoms with Crippen LogP contribution < -0.4 is 10.5 Å². The van der Waals surface area contributed by atoms with E-state index >= 15 is 0 Å². The molecule has 1 atom stereocenters. The third-order valence-corrected chi connectivity index (χ3v) is 5.15. The normalized spacial score (nSPS) is 17.1. The zero-order valence-corrected chi connectivity index (χ0v) is 16.5. The van der Waals surface area contributed by atoms with Crippen LogP contribution in [-0.2, 0) is 11.8 Å². The van der Waals surface area contributed by atoms with Crippen molar-refractivity contribution in [1.29, 1.82) is 0 Å². The Kier molecular flexibility index (Phi) is 5.05. The summed E-state index contributed by atoms with van der Waals surface area (Å²) in [5.41, 5.74) is 2.54. The molecular formula is C20H19BrN4O2. The highest BCUT2D eigenvalue weighted by atomic mass is 79.9. The summed E-state index contributed by atoms with van der Waals surface area (Å²) >= 11 is 3.51. The number of hydrogen-bond donors (Lipinski definition) is 0. The van der Waals surface area contributed by atoms with Crippen LogP contribution in [0.1, 0.15) is 11.7 Å². The van der Waals surface area contributed by atoms with Gasteiger partial charge in [-0.2, -0.15) is 0 Å². The number of nitrogens with zero attached hydrogens (tertiary/aromatic N) is 4. The van der Waals surface area contributed by atoms with Crippen molar-refractivity contribution < 1.29 is 4.74 Å². The summed E-state index contributed by atoms with van der Waals surface area (Å²) in [5.74, 6) is 0.651. The Hall–Kier alpha value is -2.51. The fraction of sp³-hybridized carbons (Fsp3) is 0.250. The quantitative estimate of drug-likeness (QED) is 0.643. The van der Waals surface area contributed by atoms with Crippen molar-refractivity contribution in [3.05, 3.63) is 75.2 Å². The van der Waals surface area contributed by atoms with E-state index in [1.807, 2.05) is 24.3 Å². The van der Waals surface area contributed by atoms with Crippen molar-refractivity contribution in [3.8, 4) is 11.3 Å². The van der Waals surface area contributed by atoms with Crippen LogP contribution in [0, 0.1) is 0 Å². The van der Waals surface area contributed by atoms with Crippen LogP contribution in [0.25, 0.3) is 11.3 Å². The third-order valence-electron chi connectivity index (χ3n) is 4.66. The third kappa shape index (κ3) is 3.79. The summed E-state index contributed by atoms with van der Waals surface area (Å²) in [6.07, 6.45) is 3.33. The fourth-order valence-electron chi connectivity index (χ4n) is 3.22. The predicted molar refractivity (Wildman–Crippen MR) is 108 cm³/mol. The van der Waals surface area contributed by atoms with Crippen LogP contribution >= 0.6 is 15.9 Å². The molecule has 7 heteroatoms. The van der Waals surface area contributed by atoms with Crippen molar-refractivity contribution in [2.24, 2.45) is 7.05 Å². The van der Waals surface area contributed by atoms with Gasteiger partial charge in [-0.25, -0.2) is 4.98 Å². The highest BCUT2D eigenvalue weighted by molar-refractivity contribution is 9.10. The van der Waals surface area contributed by atoms with Gasteiger partial charge in [0.25, 0.3) is 5.56 Å². The summed E-state index contributed by atoms with van der Waals surface area (Å²) in [6.45, 7) is 1.90. The van der Waals surface area contributed by atoms with Gasteiger partial charge < -0.3 is 9.64 Å². The summed E-state index contributed by atoms with van der Waals surface area (Å²) in [5, 5.41) is 0. The van der Waals surface area contributed by atoms with Crippen molar-refractivity contribution >= 4 is 21.9 Å². The van der Waals surface area contributed by atoms with Gasteiger partial charge in [0, 0.05) is 42.1 Å². The van der Waals surface area contributed by atoms with Gasteiger partial charge in [0.1, 0.15) is 6.10 Å². The molecule has 138 valence electrons. The summed E-state index contributed by atoms with van der Waals surface area (Å²) in [4.78, 5) is 23.4. The SMILES string of the molecule is Cn1c(N2CCO[C@@H](c3cccc(Br)c3)C2)nc(-c2ccncc2)cc1=O. The lowest BCUT2D eigenvalue weighted by Gasteiger charge is -2.34. The number of morpholine rings is 1. The lowest BCUT2D eigenvalue weighted by molar-refractivity contribution is 0.0389. The number of rotatable bonds is 3. The molecule has 0 aliphatic carbocycles. The molecule has 0 bridgehead atoms. The molecule has 2 aromatic heterocycles. The summed E-state index contributed by atoms with van der Waals surface area (Å²) in [7, 11) is 1.75. The largest absolute Gasteiger partial charge is 0.370 e. The molecule has 1 aliphatic heterocycles. The molecule has 3 heterocycles. The maximum atomic E-state index is 12.5. The minimum absolute atomic E-state index is 0.0715. The minimum Gasteiger partial charge on any atom is -0.370 e. The molecule has 0 amide bonds. The van der Waals surface area contributed by atoms with Crippen molar-refractivity contribution in [1.82, 2.24) is 14.5 Å². The van der Waals surface area contributed by atoms with E-state index in [-0.39, 0.29) is 11.7 Å². The topological polar surface area (TPSA) is 60.2 Å². The number of anilines is 1. The molecule has 1 aliphatic rings. The van der Waals surface area contributed by atoms with E-state index in [2.05, 4.69) is 37.9 Å². The molecule has 0 spiro atoms. The van der Waals surface area contributed by atoms with Gasteiger partial charge in [0.05, 0.1) is 18.8 Å². The Morgan fingerprint density at radius 1 is 1.19 bits per heavy atom. The lowest BCUT2D eigenvalue weighted by Crippen LogP contribution is -2.41. The highest BCUT2D eigenvalue weighted by Crippen LogP contribution is 2.27. The second kappa shape index (κ2) is 7.62. The van der Waals surface area contributed by atoms with Crippen LogP contribution in [-0.4, -0.2) is 34.2 Å². The first-order chi connectivity index (χ1) is 13.1. The number of benzene rings is 1. The van der Waals surface area contributed by atoms with Crippen LogP contribution in [0.5, 0.6) is 0 Å². The zero-order chi connectivity index (χ0) is 18.8. The molecule has 1 saturated heterocycles. The molecule has 0 saturated carbocycles. The second-order valence-electron chi connectivity index (χ2n) is 6.43. The number of halogens is 1.